The molecule has 1 aromatic rings. The van der Waals surface area contributed by atoms with Crippen molar-refractivity contribution in [2.75, 3.05) is 19.7 Å². The number of carbonyl (C=O) groups excluding carboxylic acids is 1. The smallest absolute Gasteiger partial charge is 0.410 e. The Morgan fingerprint density at radius 2 is 1.88 bits per heavy atom. The monoisotopic (exact) mass is 371 g/mol. The van der Waals surface area contributed by atoms with Gasteiger partial charge in [-0.05, 0) is 46.2 Å². The molecule has 0 radical (unpaired) electrons. The zero-order valence-electron chi connectivity index (χ0n) is 15.0. The van der Waals surface area contributed by atoms with Crippen LogP contribution in [0, 0.1) is 6.92 Å². The maximum Gasteiger partial charge on any atom is 0.410 e. The predicted molar refractivity (Wildman–Crippen MR) is 91.7 cm³/mol. The number of hydrogen-bond donors (Lipinski definition) is 1. The molecule has 0 spiro atoms. The van der Waals surface area contributed by atoms with Crippen LogP contribution in [0.25, 0.3) is 0 Å². The van der Waals surface area contributed by atoms with Gasteiger partial charge in [0.25, 0.3) is 10.1 Å². The van der Waals surface area contributed by atoms with Gasteiger partial charge in [0.05, 0.1) is 18.0 Å². The van der Waals surface area contributed by atoms with E-state index < -0.39 is 34.0 Å². The van der Waals surface area contributed by atoms with Gasteiger partial charge in [-0.25, -0.2) is 4.79 Å². The lowest BCUT2D eigenvalue weighted by Crippen LogP contribution is -2.42. The zero-order valence-corrected chi connectivity index (χ0v) is 15.8. The minimum Gasteiger partial charge on any atom is -0.444 e. The number of amides is 1. The molecule has 1 aliphatic rings. The molecule has 1 heterocycles. The highest BCUT2D eigenvalue weighted by molar-refractivity contribution is 7.86. The molecule has 0 saturated carbocycles. The molecule has 1 atom stereocenters. The normalized spacial score (nSPS) is 21.4. The minimum atomic E-state index is -3.96. The first-order valence-electron chi connectivity index (χ1n) is 8.07. The maximum atomic E-state index is 12.2. The minimum absolute atomic E-state index is 0.0312. The largest absolute Gasteiger partial charge is 0.444 e. The van der Waals surface area contributed by atoms with E-state index in [1.54, 1.807) is 32.9 Å². The van der Waals surface area contributed by atoms with Gasteiger partial charge in [0, 0.05) is 6.54 Å². The molecule has 140 valence electrons. The van der Waals surface area contributed by atoms with Crippen LogP contribution in [-0.4, -0.2) is 55.4 Å². The summed E-state index contributed by atoms with van der Waals surface area (Å²) in [6, 6.07) is 6.25. The summed E-state index contributed by atoms with van der Waals surface area (Å²) in [5.74, 6) is 0. The van der Waals surface area contributed by atoms with Gasteiger partial charge >= 0.3 is 6.09 Å². The second kappa shape index (κ2) is 6.93. The Morgan fingerprint density at radius 1 is 1.28 bits per heavy atom. The first-order chi connectivity index (χ1) is 11.4. The molecule has 7 nitrogen and oxygen atoms in total. The number of carbonyl (C=O) groups is 1. The van der Waals surface area contributed by atoms with Crippen LogP contribution in [0.15, 0.2) is 29.2 Å². The Bertz CT molecular complexity index is 723. The van der Waals surface area contributed by atoms with Crippen LogP contribution in [0.4, 0.5) is 4.79 Å². The Labute approximate surface area is 148 Å². The van der Waals surface area contributed by atoms with Crippen LogP contribution < -0.4 is 0 Å². The Balaban J connectivity index is 1.96. The maximum absolute atomic E-state index is 12.2. The van der Waals surface area contributed by atoms with E-state index in [1.165, 1.54) is 17.0 Å². The third kappa shape index (κ3) is 5.42. The lowest BCUT2D eigenvalue weighted by atomic mass is 10.1. The second-order valence-corrected chi connectivity index (χ2v) is 9.02. The van der Waals surface area contributed by atoms with Crippen LogP contribution in [0.2, 0.25) is 0 Å². The van der Waals surface area contributed by atoms with E-state index in [-0.39, 0.29) is 24.4 Å². The number of aryl methyl sites for hydroxylation is 1. The summed E-state index contributed by atoms with van der Waals surface area (Å²) in [6.45, 7) is 6.94. The molecule has 0 bridgehead atoms. The number of rotatable bonds is 4. The second-order valence-electron chi connectivity index (χ2n) is 7.41. The molecule has 25 heavy (non-hydrogen) atoms. The molecule has 1 aliphatic heterocycles. The van der Waals surface area contributed by atoms with Gasteiger partial charge < -0.3 is 14.7 Å². The summed E-state index contributed by atoms with van der Waals surface area (Å²) >= 11 is 0. The van der Waals surface area contributed by atoms with Crippen LogP contribution in [0.1, 0.15) is 32.8 Å². The molecule has 2 rings (SSSR count). The van der Waals surface area contributed by atoms with E-state index in [9.17, 15) is 18.3 Å². The average molecular weight is 371 g/mol. The Morgan fingerprint density at radius 3 is 2.44 bits per heavy atom. The highest BCUT2D eigenvalue weighted by Gasteiger charge is 2.41. The van der Waals surface area contributed by atoms with Gasteiger partial charge in [0.15, 0.2) is 0 Å². The third-order valence-electron chi connectivity index (χ3n) is 3.78. The molecular formula is C17H25NO6S. The summed E-state index contributed by atoms with van der Waals surface area (Å²) in [5, 5.41) is 10.5. The molecule has 1 unspecified atom stereocenters. The van der Waals surface area contributed by atoms with Gasteiger partial charge in [-0.15, -0.1) is 0 Å². The first-order valence-corrected chi connectivity index (χ1v) is 9.48. The molecule has 0 aliphatic carbocycles. The van der Waals surface area contributed by atoms with Gasteiger partial charge in [0.1, 0.15) is 11.2 Å². The van der Waals surface area contributed by atoms with Crippen molar-refractivity contribution in [1.29, 1.82) is 0 Å². The number of ether oxygens (including phenoxy) is 1. The van der Waals surface area contributed by atoms with E-state index in [0.717, 1.165) is 5.56 Å². The Hall–Kier alpha value is -1.64. The van der Waals surface area contributed by atoms with Crippen molar-refractivity contribution in [2.24, 2.45) is 0 Å². The summed E-state index contributed by atoms with van der Waals surface area (Å²) in [4.78, 5) is 13.4. The molecule has 1 fully saturated rings. The highest BCUT2D eigenvalue weighted by Crippen LogP contribution is 2.25. The fourth-order valence-electron chi connectivity index (χ4n) is 2.42. The fourth-order valence-corrected chi connectivity index (χ4v) is 3.40. The van der Waals surface area contributed by atoms with Crippen LogP contribution in [-0.2, 0) is 19.0 Å². The van der Waals surface area contributed by atoms with E-state index in [1.807, 2.05) is 6.92 Å². The number of aliphatic hydroxyl groups is 1. The van der Waals surface area contributed by atoms with Gasteiger partial charge in [-0.1, -0.05) is 17.7 Å². The molecule has 1 N–H and O–H groups in total. The van der Waals surface area contributed by atoms with Crippen molar-refractivity contribution < 1.29 is 27.2 Å². The van der Waals surface area contributed by atoms with Crippen molar-refractivity contribution in [2.45, 2.75) is 50.2 Å². The molecule has 1 aromatic carbocycles. The van der Waals surface area contributed by atoms with Crippen molar-refractivity contribution in [3.63, 3.8) is 0 Å². The summed E-state index contributed by atoms with van der Waals surface area (Å²) in [6.07, 6.45) is -0.319. The fraction of sp³-hybridized carbons (Fsp3) is 0.588. The van der Waals surface area contributed by atoms with E-state index in [0.29, 0.717) is 0 Å². The predicted octanol–water partition coefficient (Wildman–Crippen LogP) is 2.07. The van der Waals surface area contributed by atoms with Crippen molar-refractivity contribution >= 4 is 16.2 Å². The third-order valence-corrected chi connectivity index (χ3v) is 5.05. The van der Waals surface area contributed by atoms with E-state index in [2.05, 4.69) is 0 Å². The number of likely N-dealkylation sites (tertiary alicyclic amines) is 1. The molecular weight excluding hydrogens is 346 g/mol. The van der Waals surface area contributed by atoms with E-state index >= 15 is 0 Å². The van der Waals surface area contributed by atoms with Gasteiger partial charge in [-0.3, -0.25) is 4.18 Å². The van der Waals surface area contributed by atoms with Crippen molar-refractivity contribution in [3.8, 4) is 0 Å². The van der Waals surface area contributed by atoms with Crippen LogP contribution >= 0.6 is 0 Å². The number of nitrogens with zero attached hydrogens (tertiary/aromatic N) is 1. The Kier molecular flexibility index (Phi) is 5.46. The van der Waals surface area contributed by atoms with Crippen LogP contribution in [0.3, 0.4) is 0 Å². The highest BCUT2D eigenvalue weighted by atomic mass is 32.2. The number of benzene rings is 1. The van der Waals surface area contributed by atoms with Crippen molar-refractivity contribution in [3.05, 3.63) is 29.8 Å². The molecule has 8 heteroatoms. The SMILES string of the molecule is Cc1ccc(S(=O)(=O)OCC2(O)CCN(C(=O)OC(C)(C)C)C2)cc1. The topological polar surface area (TPSA) is 93.1 Å². The standard InChI is InChI=1S/C17H25NO6S/c1-13-5-7-14(8-6-13)25(21,22)23-12-17(20)9-10-18(11-17)15(19)24-16(2,3)4/h5-8,20H,9-12H2,1-4H3. The average Bonchev–Trinajstić information content (AvgIpc) is 2.88. The molecule has 0 aromatic heterocycles. The number of β-amino-alcohol motifs (C(OH)–C–C–N with tert-alkyl or cyclic N) is 1. The van der Waals surface area contributed by atoms with Crippen molar-refractivity contribution in [1.82, 2.24) is 4.90 Å². The van der Waals surface area contributed by atoms with Gasteiger partial charge in [-0.2, -0.15) is 8.42 Å². The lowest BCUT2D eigenvalue weighted by Gasteiger charge is -2.26. The van der Waals surface area contributed by atoms with Gasteiger partial charge in [0.2, 0.25) is 0 Å². The zero-order chi connectivity index (χ0) is 18.9. The lowest BCUT2D eigenvalue weighted by molar-refractivity contribution is -0.00407. The summed E-state index contributed by atoms with van der Waals surface area (Å²) in [5.41, 5.74) is -1.13. The number of hydrogen-bond acceptors (Lipinski definition) is 6. The molecule has 1 amide bonds. The van der Waals surface area contributed by atoms with Crippen LogP contribution in [0.5, 0.6) is 0 Å². The molecule has 1 saturated heterocycles. The first kappa shape index (κ1) is 19.7. The quantitative estimate of drug-likeness (QED) is 0.815. The summed E-state index contributed by atoms with van der Waals surface area (Å²) in [7, 11) is -3.96. The summed E-state index contributed by atoms with van der Waals surface area (Å²) < 4.78 is 34.7. The van der Waals surface area contributed by atoms with E-state index in [4.69, 9.17) is 8.92 Å².